The van der Waals surface area contributed by atoms with Crippen molar-refractivity contribution in [2.75, 3.05) is 6.61 Å². The number of carbonyl (C=O) groups excluding carboxylic acids is 1. The van der Waals surface area contributed by atoms with E-state index in [-0.39, 0.29) is 13.0 Å². The highest BCUT2D eigenvalue weighted by atomic mass is 19.1. The predicted molar refractivity (Wildman–Crippen MR) is 88.0 cm³/mol. The molecule has 1 aromatic heterocycles. The SMILES string of the molecule is Cc1ccn(C2OC(COC(=O)c3ccccc3)CC2(C)F)c(=O)n1. The second-order valence-electron chi connectivity index (χ2n) is 6.32. The normalized spacial score (nSPS) is 25.7. The Balaban J connectivity index is 1.68. The van der Waals surface area contributed by atoms with Crippen molar-refractivity contribution in [3.63, 3.8) is 0 Å². The highest BCUT2D eigenvalue weighted by Crippen LogP contribution is 2.40. The van der Waals surface area contributed by atoms with Gasteiger partial charge in [0.05, 0.1) is 11.7 Å². The molecule has 132 valence electrons. The third kappa shape index (κ3) is 3.76. The maximum Gasteiger partial charge on any atom is 0.349 e. The molecule has 1 aromatic carbocycles. The van der Waals surface area contributed by atoms with Crippen molar-refractivity contribution in [1.29, 1.82) is 0 Å². The van der Waals surface area contributed by atoms with Gasteiger partial charge in [-0.3, -0.25) is 4.57 Å². The van der Waals surface area contributed by atoms with E-state index in [1.165, 1.54) is 13.1 Å². The van der Waals surface area contributed by atoms with Crippen molar-refractivity contribution < 1.29 is 18.7 Å². The van der Waals surface area contributed by atoms with Gasteiger partial charge in [-0.05, 0) is 32.0 Å². The van der Waals surface area contributed by atoms with Crippen molar-refractivity contribution in [3.8, 4) is 0 Å². The summed E-state index contributed by atoms with van der Waals surface area (Å²) in [5, 5.41) is 0. The Hall–Kier alpha value is -2.54. The first-order chi connectivity index (χ1) is 11.9. The van der Waals surface area contributed by atoms with Crippen LogP contribution < -0.4 is 5.69 Å². The van der Waals surface area contributed by atoms with Gasteiger partial charge in [-0.2, -0.15) is 4.98 Å². The van der Waals surface area contributed by atoms with Crippen LogP contribution in [-0.4, -0.2) is 33.9 Å². The van der Waals surface area contributed by atoms with Crippen LogP contribution >= 0.6 is 0 Å². The molecule has 0 amide bonds. The number of aromatic nitrogens is 2. The van der Waals surface area contributed by atoms with Crippen LogP contribution in [0, 0.1) is 6.92 Å². The van der Waals surface area contributed by atoms with Crippen LogP contribution in [0.25, 0.3) is 0 Å². The number of benzene rings is 1. The highest BCUT2D eigenvalue weighted by molar-refractivity contribution is 5.89. The summed E-state index contributed by atoms with van der Waals surface area (Å²) >= 11 is 0. The summed E-state index contributed by atoms with van der Waals surface area (Å²) in [4.78, 5) is 27.8. The summed E-state index contributed by atoms with van der Waals surface area (Å²) in [7, 11) is 0. The summed E-state index contributed by atoms with van der Waals surface area (Å²) in [6.07, 6.45) is -0.264. The van der Waals surface area contributed by atoms with Crippen molar-refractivity contribution in [2.24, 2.45) is 0 Å². The molecule has 3 unspecified atom stereocenters. The van der Waals surface area contributed by atoms with Crippen LogP contribution in [0.5, 0.6) is 0 Å². The topological polar surface area (TPSA) is 70.4 Å². The zero-order chi connectivity index (χ0) is 18.0. The molecule has 6 nitrogen and oxygen atoms in total. The average molecular weight is 346 g/mol. The first-order valence-electron chi connectivity index (χ1n) is 7.99. The van der Waals surface area contributed by atoms with E-state index in [1.807, 2.05) is 0 Å². The lowest BCUT2D eigenvalue weighted by atomic mass is 10.0. The maximum absolute atomic E-state index is 14.9. The molecule has 0 N–H and O–H groups in total. The molecular weight excluding hydrogens is 327 g/mol. The molecule has 0 saturated carbocycles. The van der Waals surface area contributed by atoms with Gasteiger partial charge in [-0.25, -0.2) is 14.0 Å². The first kappa shape index (κ1) is 17.3. The minimum atomic E-state index is -1.77. The van der Waals surface area contributed by atoms with Crippen LogP contribution in [-0.2, 0) is 9.47 Å². The lowest BCUT2D eigenvalue weighted by molar-refractivity contribution is -0.0643. The van der Waals surface area contributed by atoms with E-state index < -0.39 is 29.7 Å². The zero-order valence-electron chi connectivity index (χ0n) is 14.0. The fourth-order valence-corrected chi connectivity index (χ4v) is 2.87. The van der Waals surface area contributed by atoms with Gasteiger partial charge in [0.25, 0.3) is 0 Å². The smallest absolute Gasteiger partial charge is 0.349 e. The summed E-state index contributed by atoms with van der Waals surface area (Å²) in [6, 6.07) is 10.1. The van der Waals surface area contributed by atoms with Gasteiger partial charge in [0.2, 0.25) is 0 Å². The number of ether oxygens (including phenoxy) is 2. The summed E-state index contributed by atoms with van der Waals surface area (Å²) < 4.78 is 26.9. The number of rotatable bonds is 4. The number of hydrogen-bond acceptors (Lipinski definition) is 5. The molecule has 25 heavy (non-hydrogen) atoms. The van der Waals surface area contributed by atoms with Gasteiger partial charge in [-0.15, -0.1) is 0 Å². The molecule has 0 bridgehead atoms. The fourth-order valence-electron chi connectivity index (χ4n) is 2.87. The summed E-state index contributed by atoms with van der Waals surface area (Å²) in [6.45, 7) is 2.96. The molecule has 0 aliphatic carbocycles. The second kappa shape index (κ2) is 6.76. The molecule has 1 aliphatic heterocycles. The molecule has 0 spiro atoms. The Morgan fingerprint density at radius 1 is 1.40 bits per heavy atom. The first-order valence-corrected chi connectivity index (χ1v) is 7.99. The van der Waals surface area contributed by atoms with Gasteiger partial charge in [0.1, 0.15) is 6.61 Å². The van der Waals surface area contributed by atoms with E-state index in [0.717, 1.165) is 4.57 Å². The third-order valence-corrected chi connectivity index (χ3v) is 4.09. The number of aryl methyl sites for hydroxylation is 1. The Kier molecular flexibility index (Phi) is 4.67. The zero-order valence-corrected chi connectivity index (χ0v) is 14.0. The Bertz CT molecular complexity index is 819. The number of nitrogens with zero attached hydrogens (tertiary/aromatic N) is 2. The molecule has 0 radical (unpaired) electrons. The lowest BCUT2D eigenvalue weighted by Gasteiger charge is -2.22. The van der Waals surface area contributed by atoms with Crippen molar-refractivity contribution in [1.82, 2.24) is 9.55 Å². The molecule has 2 heterocycles. The van der Waals surface area contributed by atoms with Crippen LogP contribution in [0.2, 0.25) is 0 Å². The van der Waals surface area contributed by atoms with E-state index in [2.05, 4.69) is 4.98 Å². The Morgan fingerprint density at radius 2 is 2.12 bits per heavy atom. The quantitative estimate of drug-likeness (QED) is 0.795. The van der Waals surface area contributed by atoms with E-state index in [0.29, 0.717) is 11.3 Å². The second-order valence-corrected chi connectivity index (χ2v) is 6.32. The number of alkyl halides is 1. The van der Waals surface area contributed by atoms with E-state index >= 15 is 0 Å². The van der Waals surface area contributed by atoms with Gasteiger partial charge < -0.3 is 9.47 Å². The van der Waals surface area contributed by atoms with Crippen LogP contribution in [0.3, 0.4) is 0 Å². The van der Waals surface area contributed by atoms with Crippen LogP contribution in [0.4, 0.5) is 4.39 Å². The van der Waals surface area contributed by atoms with Crippen LogP contribution in [0.1, 0.15) is 35.6 Å². The molecule has 2 aromatic rings. The van der Waals surface area contributed by atoms with Gasteiger partial charge >= 0.3 is 11.7 Å². The van der Waals surface area contributed by atoms with Crippen molar-refractivity contribution in [3.05, 3.63) is 64.3 Å². The van der Waals surface area contributed by atoms with Crippen molar-refractivity contribution in [2.45, 2.75) is 38.3 Å². The summed E-state index contributed by atoms with van der Waals surface area (Å²) in [5.41, 5.74) is -1.38. The number of halogens is 1. The van der Waals surface area contributed by atoms with E-state index in [4.69, 9.17) is 9.47 Å². The van der Waals surface area contributed by atoms with Gasteiger partial charge in [0, 0.05) is 18.3 Å². The van der Waals surface area contributed by atoms with Crippen molar-refractivity contribution >= 4 is 5.97 Å². The highest BCUT2D eigenvalue weighted by Gasteiger charge is 2.47. The summed E-state index contributed by atoms with van der Waals surface area (Å²) in [5.74, 6) is -0.498. The Labute approximate surface area is 144 Å². The fraction of sp³-hybridized carbons (Fsp3) is 0.389. The van der Waals surface area contributed by atoms with E-state index in [9.17, 15) is 14.0 Å². The molecule has 3 rings (SSSR count). The Morgan fingerprint density at radius 3 is 2.80 bits per heavy atom. The molecule has 1 aliphatic rings. The minimum Gasteiger partial charge on any atom is -0.459 e. The van der Waals surface area contributed by atoms with Gasteiger partial charge in [0.15, 0.2) is 11.9 Å². The lowest BCUT2D eigenvalue weighted by Crippen LogP contribution is -2.35. The molecular formula is C18H19FN2O4. The number of carbonyl (C=O) groups is 1. The third-order valence-electron chi connectivity index (χ3n) is 4.09. The monoisotopic (exact) mass is 346 g/mol. The maximum atomic E-state index is 14.9. The van der Waals surface area contributed by atoms with Gasteiger partial charge in [-0.1, -0.05) is 18.2 Å². The standard InChI is InChI=1S/C18H19FN2O4/c1-12-8-9-21(17(23)20-12)16-18(2,19)10-14(25-16)11-24-15(22)13-6-4-3-5-7-13/h3-9,14,16H,10-11H2,1-2H3. The predicted octanol–water partition coefficient (Wildman–Crippen LogP) is 2.42. The molecule has 7 heteroatoms. The average Bonchev–Trinajstić information content (AvgIpc) is 2.88. The van der Waals surface area contributed by atoms with E-state index in [1.54, 1.807) is 43.3 Å². The van der Waals surface area contributed by atoms with Crippen LogP contribution in [0.15, 0.2) is 47.4 Å². The minimum absolute atomic E-state index is 0.0139. The number of hydrogen-bond donors (Lipinski definition) is 0. The molecule has 1 fully saturated rings. The molecule has 3 atom stereocenters. The number of esters is 1. The largest absolute Gasteiger partial charge is 0.459 e. The molecule has 1 saturated heterocycles.